The van der Waals surface area contributed by atoms with E-state index in [1.165, 1.54) is 0 Å². The molecule has 0 amide bonds. The number of para-hydroxylation sites is 2. The number of pyridine rings is 1. The SMILES string of the molecule is COc1c(C)cc(-c2ccc3nc(Nc4ccccc4N)nn3c2)cc1C. The zero-order valence-corrected chi connectivity index (χ0v) is 15.5. The molecule has 27 heavy (non-hydrogen) atoms. The third kappa shape index (κ3) is 3.17. The highest BCUT2D eigenvalue weighted by Crippen LogP contribution is 2.30. The highest BCUT2D eigenvalue weighted by molar-refractivity contribution is 5.71. The molecular weight excluding hydrogens is 338 g/mol. The molecule has 0 bridgehead atoms. The van der Waals surface area contributed by atoms with E-state index in [4.69, 9.17) is 10.5 Å². The van der Waals surface area contributed by atoms with Gasteiger partial charge in [0.1, 0.15) is 5.75 Å². The van der Waals surface area contributed by atoms with E-state index < -0.39 is 0 Å². The molecule has 6 nitrogen and oxygen atoms in total. The second-order valence-electron chi connectivity index (χ2n) is 6.51. The van der Waals surface area contributed by atoms with Gasteiger partial charge < -0.3 is 15.8 Å². The number of rotatable bonds is 4. The van der Waals surface area contributed by atoms with E-state index >= 15 is 0 Å². The average molecular weight is 359 g/mol. The Morgan fingerprint density at radius 1 is 1.00 bits per heavy atom. The number of aromatic nitrogens is 3. The van der Waals surface area contributed by atoms with Crippen LogP contribution in [0.2, 0.25) is 0 Å². The van der Waals surface area contributed by atoms with Crippen LogP contribution in [0.4, 0.5) is 17.3 Å². The highest BCUT2D eigenvalue weighted by atomic mass is 16.5. The van der Waals surface area contributed by atoms with Gasteiger partial charge >= 0.3 is 0 Å². The minimum Gasteiger partial charge on any atom is -0.496 e. The lowest BCUT2D eigenvalue weighted by Crippen LogP contribution is -1.97. The summed E-state index contributed by atoms with van der Waals surface area (Å²) >= 11 is 0. The molecule has 6 heteroatoms. The second-order valence-corrected chi connectivity index (χ2v) is 6.51. The van der Waals surface area contributed by atoms with Crippen molar-refractivity contribution >= 4 is 23.0 Å². The first kappa shape index (κ1) is 16.9. The molecular formula is C21H21N5O. The third-order valence-corrected chi connectivity index (χ3v) is 4.54. The maximum atomic E-state index is 5.98. The van der Waals surface area contributed by atoms with E-state index in [1.54, 1.807) is 11.6 Å². The Morgan fingerprint density at radius 3 is 2.44 bits per heavy atom. The lowest BCUT2D eigenvalue weighted by Gasteiger charge is -2.11. The molecule has 4 rings (SSSR count). The van der Waals surface area contributed by atoms with Crippen LogP contribution in [0.25, 0.3) is 16.8 Å². The number of ether oxygens (including phenoxy) is 1. The number of hydrogen-bond donors (Lipinski definition) is 2. The fourth-order valence-electron chi connectivity index (χ4n) is 3.28. The minimum absolute atomic E-state index is 0.507. The lowest BCUT2D eigenvalue weighted by molar-refractivity contribution is 0.408. The fourth-order valence-corrected chi connectivity index (χ4v) is 3.28. The summed E-state index contributed by atoms with van der Waals surface area (Å²) in [5.74, 6) is 1.43. The van der Waals surface area contributed by atoms with Crippen LogP contribution in [0, 0.1) is 13.8 Å². The van der Waals surface area contributed by atoms with Gasteiger partial charge in [0.05, 0.1) is 18.5 Å². The van der Waals surface area contributed by atoms with Crippen molar-refractivity contribution in [2.75, 3.05) is 18.2 Å². The van der Waals surface area contributed by atoms with E-state index in [9.17, 15) is 0 Å². The van der Waals surface area contributed by atoms with Crippen molar-refractivity contribution in [3.8, 4) is 16.9 Å². The molecule has 0 unspecified atom stereocenters. The van der Waals surface area contributed by atoms with Gasteiger partial charge in [0, 0.05) is 11.8 Å². The summed E-state index contributed by atoms with van der Waals surface area (Å²) in [6.07, 6.45) is 1.97. The maximum absolute atomic E-state index is 5.98. The predicted octanol–water partition coefficient (Wildman–Crippen LogP) is 4.35. The van der Waals surface area contributed by atoms with Gasteiger partial charge in [0.25, 0.3) is 0 Å². The van der Waals surface area contributed by atoms with Gasteiger partial charge in [-0.05, 0) is 66.9 Å². The molecule has 0 saturated carbocycles. The summed E-state index contributed by atoms with van der Waals surface area (Å²) in [5, 5.41) is 7.70. The summed E-state index contributed by atoms with van der Waals surface area (Å²) < 4.78 is 7.23. The summed E-state index contributed by atoms with van der Waals surface area (Å²) in [4.78, 5) is 4.51. The monoisotopic (exact) mass is 359 g/mol. The quantitative estimate of drug-likeness (QED) is 0.530. The van der Waals surface area contributed by atoms with E-state index in [-0.39, 0.29) is 0 Å². The molecule has 3 N–H and O–H groups in total. The van der Waals surface area contributed by atoms with E-state index in [2.05, 4.69) is 41.4 Å². The van der Waals surface area contributed by atoms with Crippen LogP contribution in [0.15, 0.2) is 54.7 Å². The molecule has 0 aliphatic carbocycles. The summed E-state index contributed by atoms with van der Waals surface area (Å²) in [5.41, 5.74) is 12.6. The van der Waals surface area contributed by atoms with Crippen LogP contribution in [0.3, 0.4) is 0 Å². The van der Waals surface area contributed by atoms with Crippen LogP contribution in [-0.2, 0) is 0 Å². The zero-order chi connectivity index (χ0) is 19.0. The number of hydrogen-bond acceptors (Lipinski definition) is 5. The van der Waals surface area contributed by atoms with Gasteiger partial charge in [0.2, 0.25) is 5.95 Å². The van der Waals surface area contributed by atoms with Gasteiger partial charge in [-0.2, -0.15) is 4.98 Å². The van der Waals surface area contributed by atoms with Gasteiger partial charge in [0.15, 0.2) is 5.65 Å². The van der Waals surface area contributed by atoms with Crippen LogP contribution >= 0.6 is 0 Å². The average Bonchev–Trinajstić information content (AvgIpc) is 3.05. The van der Waals surface area contributed by atoms with E-state index in [0.717, 1.165) is 39.3 Å². The Balaban J connectivity index is 1.70. The van der Waals surface area contributed by atoms with Crippen molar-refractivity contribution in [3.63, 3.8) is 0 Å². The lowest BCUT2D eigenvalue weighted by atomic mass is 10.0. The number of nitrogens with two attached hydrogens (primary N) is 1. The molecule has 0 atom stereocenters. The number of aryl methyl sites for hydroxylation is 2. The standard InChI is InChI=1S/C21H21N5O/c1-13-10-16(11-14(2)20(13)27-3)15-8-9-19-24-21(25-26(19)12-15)23-18-7-5-4-6-17(18)22/h4-12H,22H2,1-3H3,(H,23,25). The molecule has 2 aromatic heterocycles. The largest absolute Gasteiger partial charge is 0.496 e. The zero-order valence-electron chi connectivity index (χ0n) is 15.5. The van der Waals surface area contributed by atoms with Crippen molar-refractivity contribution in [1.29, 1.82) is 0 Å². The molecule has 4 aromatic rings. The van der Waals surface area contributed by atoms with Crippen LogP contribution < -0.4 is 15.8 Å². The Morgan fingerprint density at radius 2 is 1.74 bits per heavy atom. The van der Waals surface area contributed by atoms with Crippen LogP contribution in [0.5, 0.6) is 5.75 Å². The summed E-state index contributed by atoms with van der Waals surface area (Å²) in [6.45, 7) is 4.10. The number of fused-ring (bicyclic) bond motifs is 1. The van der Waals surface area contributed by atoms with Gasteiger partial charge in [-0.25, -0.2) is 4.52 Å². The number of anilines is 3. The third-order valence-electron chi connectivity index (χ3n) is 4.54. The predicted molar refractivity (Wildman–Crippen MR) is 109 cm³/mol. The van der Waals surface area contributed by atoms with Gasteiger partial charge in [-0.15, -0.1) is 5.10 Å². The van der Waals surface area contributed by atoms with Crippen molar-refractivity contribution in [2.24, 2.45) is 0 Å². The van der Waals surface area contributed by atoms with Crippen molar-refractivity contribution in [3.05, 3.63) is 65.9 Å². The molecule has 0 aliphatic rings. The van der Waals surface area contributed by atoms with E-state index in [1.807, 2.05) is 42.6 Å². The molecule has 0 spiro atoms. The smallest absolute Gasteiger partial charge is 0.247 e. The highest BCUT2D eigenvalue weighted by Gasteiger charge is 2.10. The summed E-state index contributed by atoms with van der Waals surface area (Å²) in [7, 11) is 1.70. The van der Waals surface area contributed by atoms with E-state index in [0.29, 0.717) is 11.6 Å². The number of nitrogen functional groups attached to an aromatic ring is 1. The fraction of sp³-hybridized carbons (Fsp3) is 0.143. The molecule has 0 saturated heterocycles. The maximum Gasteiger partial charge on any atom is 0.247 e. The molecule has 136 valence electrons. The second kappa shape index (κ2) is 6.64. The van der Waals surface area contributed by atoms with Crippen molar-refractivity contribution in [2.45, 2.75) is 13.8 Å². The minimum atomic E-state index is 0.507. The Hall–Kier alpha value is -3.54. The molecule has 0 aliphatic heterocycles. The molecule has 0 radical (unpaired) electrons. The van der Waals surface area contributed by atoms with Crippen LogP contribution in [-0.4, -0.2) is 21.7 Å². The first-order valence-electron chi connectivity index (χ1n) is 8.69. The molecule has 0 fully saturated rings. The van der Waals surface area contributed by atoms with Gasteiger partial charge in [-0.3, -0.25) is 0 Å². The Bertz CT molecular complexity index is 1110. The topological polar surface area (TPSA) is 77.5 Å². The first-order valence-corrected chi connectivity index (χ1v) is 8.69. The Kier molecular flexibility index (Phi) is 4.16. The first-order chi connectivity index (χ1) is 13.0. The number of benzene rings is 2. The Labute approximate surface area is 157 Å². The number of methoxy groups -OCH3 is 1. The normalized spacial score (nSPS) is 10.9. The van der Waals surface area contributed by atoms with Crippen molar-refractivity contribution < 1.29 is 4.74 Å². The summed E-state index contributed by atoms with van der Waals surface area (Å²) in [6, 6.07) is 15.8. The van der Waals surface area contributed by atoms with Crippen LogP contribution in [0.1, 0.15) is 11.1 Å². The van der Waals surface area contributed by atoms with Gasteiger partial charge in [-0.1, -0.05) is 12.1 Å². The number of nitrogens with one attached hydrogen (secondary N) is 1. The molecule has 2 heterocycles. The van der Waals surface area contributed by atoms with Crippen molar-refractivity contribution in [1.82, 2.24) is 14.6 Å². The molecule has 2 aromatic carbocycles. The number of nitrogens with zero attached hydrogens (tertiary/aromatic N) is 3.